The molecule has 5 heteroatoms. The molecule has 0 saturated carbocycles. The molecule has 0 fully saturated rings. The normalized spacial score (nSPS) is 14.3. The molecule has 5 nitrogen and oxygen atoms in total. The van der Waals surface area contributed by atoms with Gasteiger partial charge in [-0.25, -0.2) is 4.79 Å². The first-order valence-electron chi connectivity index (χ1n) is 8.25. The van der Waals surface area contributed by atoms with Crippen LogP contribution in [0.3, 0.4) is 0 Å². The van der Waals surface area contributed by atoms with Gasteiger partial charge in [-0.05, 0) is 45.2 Å². The third kappa shape index (κ3) is 4.78. The lowest BCUT2D eigenvalue weighted by Crippen LogP contribution is -2.39. The molecule has 1 aromatic rings. The Labute approximate surface area is 138 Å². The molecule has 0 atom stereocenters. The number of rotatable bonds is 4. The lowest BCUT2D eigenvalue weighted by atomic mass is 9.98. The minimum atomic E-state index is -0.517. The molecular formula is C18H27NO4. The number of nitrogens with zero attached hydrogens (tertiary/aromatic N) is 1. The van der Waals surface area contributed by atoms with E-state index < -0.39 is 5.60 Å². The zero-order valence-electron chi connectivity index (χ0n) is 14.5. The molecule has 0 unspecified atom stereocenters. The number of aromatic hydroxyl groups is 1. The summed E-state index contributed by atoms with van der Waals surface area (Å²) in [5.41, 5.74) is 1.30. The summed E-state index contributed by atoms with van der Waals surface area (Å²) in [4.78, 5) is 13.8. The van der Waals surface area contributed by atoms with E-state index in [1.54, 1.807) is 11.0 Å². The molecule has 1 heterocycles. The third-order valence-corrected chi connectivity index (χ3v) is 3.71. The van der Waals surface area contributed by atoms with Crippen LogP contribution in [0.5, 0.6) is 11.5 Å². The number of hydrogen-bond donors (Lipinski definition) is 1. The van der Waals surface area contributed by atoms with Crippen molar-refractivity contribution < 1.29 is 19.4 Å². The minimum Gasteiger partial charge on any atom is -0.507 e. The molecule has 0 aliphatic carbocycles. The smallest absolute Gasteiger partial charge is 0.410 e. The van der Waals surface area contributed by atoms with Crippen LogP contribution in [-0.4, -0.2) is 34.9 Å². The van der Waals surface area contributed by atoms with Gasteiger partial charge >= 0.3 is 6.09 Å². The fraction of sp³-hybridized carbons (Fsp3) is 0.611. The van der Waals surface area contributed by atoms with Crippen molar-refractivity contribution in [2.75, 3.05) is 13.2 Å². The highest BCUT2D eigenvalue weighted by molar-refractivity contribution is 5.69. The number of benzene rings is 1. The maximum Gasteiger partial charge on any atom is 0.410 e. The summed E-state index contributed by atoms with van der Waals surface area (Å²) < 4.78 is 11.1. The van der Waals surface area contributed by atoms with E-state index in [1.807, 2.05) is 26.8 Å². The average Bonchev–Trinajstić information content (AvgIpc) is 2.45. The molecule has 1 aliphatic heterocycles. The highest BCUT2D eigenvalue weighted by Crippen LogP contribution is 2.32. The van der Waals surface area contributed by atoms with Gasteiger partial charge in [0.25, 0.3) is 0 Å². The first-order chi connectivity index (χ1) is 10.8. The lowest BCUT2D eigenvalue weighted by molar-refractivity contribution is 0.0222. The number of carbonyl (C=O) groups excluding carboxylic acids is 1. The number of phenols is 1. The summed E-state index contributed by atoms with van der Waals surface area (Å²) in [5.74, 6) is 0.877. The van der Waals surface area contributed by atoms with E-state index in [1.165, 1.54) is 0 Å². The summed E-state index contributed by atoms with van der Waals surface area (Å²) >= 11 is 0. The van der Waals surface area contributed by atoms with Crippen molar-refractivity contribution in [3.63, 3.8) is 0 Å². The molecule has 0 radical (unpaired) electrons. The van der Waals surface area contributed by atoms with Crippen LogP contribution in [0.2, 0.25) is 0 Å². The first kappa shape index (κ1) is 17.4. The van der Waals surface area contributed by atoms with E-state index >= 15 is 0 Å². The van der Waals surface area contributed by atoms with Crippen molar-refractivity contribution in [3.05, 3.63) is 23.3 Å². The molecule has 0 bridgehead atoms. The van der Waals surface area contributed by atoms with Gasteiger partial charge in [0.05, 0.1) is 13.2 Å². The third-order valence-electron chi connectivity index (χ3n) is 3.71. The van der Waals surface area contributed by atoms with E-state index in [4.69, 9.17) is 9.47 Å². The molecule has 0 spiro atoms. The van der Waals surface area contributed by atoms with E-state index in [-0.39, 0.29) is 11.8 Å². The van der Waals surface area contributed by atoms with Crippen molar-refractivity contribution >= 4 is 6.09 Å². The molecule has 23 heavy (non-hydrogen) atoms. The summed E-state index contributed by atoms with van der Waals surface area (Å²) in [5, 5.41) is 10.3. The maximum atomic E-state index is 12.2. The molecule has 2 rings (SSSR count). The molecule has 1 aromatic carbocycles. The second kappa shape index (κ2) is 7.11. The first-order valence-corrected chi connectivity index (χ1v) is 8.25. The topological polar surface area (TPSA) is 59.0 Å². The van der Waals surface area contributed by atoms with Crippen LogP contribution in [0.15, 0.2) is 12.1 Å². The molecule has 1 aliphatic rings. The van der Waals surface area contributed by atoms with E-state index in [9.17, 15) is 9.90 Å². The zero-order chi connectivity index (χ0) is 17.0. The quantitative estimate of drug-likeness (QED) is 0.855. The van der Waals surface area contributed by atoms with Gasteiger partial charge in [0.1, 0.15) is 17.1 Å². The molecule has 1 N–H and O–H groups in total. The summed E-state index contributed by atoms with van der Waals surface area (Å²) in [6, 6.07) is 3.60. The molecular weight excluding hydrogens is 294 g/mol. The predicted molar refractivity (Wildman–Crippen MR) is 88.9 cm³/mol. The fourth-order valence-corrected chi connectivity index (χ4v) is 2.52. The summed E-state index contributed by atoms with van der Waals surface area (Å²) in [6.45, 7) is 9.25. The number of ether oxygens (including phenoxy) is 2. The largest absolute Gasteiger partial charge is 0.507 e. The van der Waals surface area contributed by atoms with Crippen LogP contribution in [0.1, 0.15) is 51.7 Å². The Morgan fingerprint density at radius 3 is 2.74 bits per heavy atom. The van der Waals surface area contributed by atoms with Gasteiger partial charge in [-0.3, -0.25) is 0 Å². The Hall–Kier alpha value is -1.91. The number of carbonyl (C=O) groups is 1. The average molecular weight is 321 g/mol. The molecule has 0 saturated heterocycles. The van der Waals surface area contributed by atoms with Crippen LogP contribution >= 0.6 is 0 Å². The SMILES string of the molecule is CCCCOc1cc(O)c2c(c1)CCN(C(=O)OC(C)(C)C)C2. The van der Waals surface area contributed by atoms with Crippen molar-refractivity contribution in [3.8, 4) is 11.5 Å². The van der Waals surface area contributed by atoms with Gasteiger partial charge in [-0.2, -0.15) is 0 Å². The Bertz CT molecular complexity index is 563. The van der Waals surface area contributed by atoms with Crippen molar-refractivity contribution in [2.45, 2.75) is 59.1 Å². The maximum absolute atomic E-state index is 12.2. The highest BCUT2D eigenvalue weighted by atomic mass is 16.6. The molecule has 128 valence electrons. The predicted octanol–water partition coefficient (Wildman–Crippen LogP) is 3.86. The summed E-state index contributed by atoms with van der Waals surface area (Å²) in [6.07, 6.45) is 2.41. The second-order valence-corrected chi connectivity index (χ2v) is 6.93. The zero-order valence-corrected chi connectivity index (χ0v) is 14.5. The number of hydrogen-bond acceptors (Lipinski definition) is 4. The van der Waals surface area contributed by atoms with Crippen molar-refractivity contribution in [2.24, 2.45) is 0 Å². The van der Waals surface area contributed by atoms with Crippen LogP contribution in [0.25, 0.3) is 0 Å². The van der Waals surface area contributed by atoms with Gasteiger partial charge in [0, 0.05) is 18.2 Å². The Kier molecular flexibility index (Phi) is 5.39. The number of phenolic OH excluding ortho intramolecular Hbond substituents is 1. The molecule has 1 amide bonds. The van der Waals surface area contributed by atoms with Crippen LogP contribution in [0.4, 0.5) is 4.79 Å². The van der Waals surface area contributed by atoms with Gasteiger partial charge in [0.15, 0.2) is 0 Å². The lowest BCUT2D eigenvalue weighted by Gasteiger charge is -2.31. The van der Waals surface area contributed by atoms with Gasteiger partial charge in [-0.1, -0.05) is 13.3 Å². The number of unbranched alkanes of at least 4 members (excludes halogenated alkanes) is 1. The van der Waals surface area contributed by atoms with Crippen LogP contribution in [-0.2, 0) is 17.7 Å². The highest BCUT2D eigenvalue weighted by Gasteiger charge is 2.27. The number of amides is 1. The number of fused-ring (bicyclic) bond motifs is 1. The summed E-state index contributed by atoms with van der Waals surface area (Å²) in [7, 11) is 0. The van der Waals surface area contributed by atoms with Crippen molar-refractivity contribution in [1.29, 1.82) is 0 Å². The van der Waals surface area contributed by atoms with E-state index in [2.05, 4.69) is 6.92 Å². The van der Waals surface area contributed by atoms with Crippen LogP contribution in [0, 0.1) is 0 Å². The molecule has 0 aromatic heterocycles. The van der Waals surface area contributed by atoms with Gasteiger partial charge in [-0.15, -0.1) is 0 Å². The van der Waals surface area contributed by atoms with Crippen LogP contribution < -0.4 is 4.74 Å². The standard InChI is InChI=1S/C18H27NO4/c1-5-6-9-22-14-10-13-7-8-19(12-15(13)16(20)11-14)17(21)23-18(2,3)4/h10-11,20H,5-9,12H2,1-4H3. The minimum absolute atomic E-state index is 0.183. The van der Waals surface area contributed by atoms with E-state index in [0.717, 1.165) is 24.0 Å². The fourth-order valence-electron chi connectivity index (χ4n) is 2.52. The van der Waals surface area contributed by atoms with Gasteiger partial charge in [0.2, 0.25) is 0 Å². The monoisotopic (exact) mass is 321 g/mol. The Morgan fingerprint density at radius 2 is 2.09 bits per heavy atom. The van der Waals surface area contributed by atoms with Gasteiger partial charge < -0.3 is 19.5 Å². The second-order valence-electron chi connectivity index (χ2n) is 6.93. The Balaban J connectivity index is 2.08. The Morgan fingerprint density at radius 1 is 1.35 bits per heavy atom. The van der Waals surface area contributed by atoms with Crippen molar-refractivity contribution in [1.82, 2.24) is 4.90 Å². The van der Waals surface area contributed by atoms with E-state index in [0.29, 0.717) is 31.9 Å².